The summed E-state index contributed by atoms with van der Waals surface area (Å²) in [5, 5.41) is 8.38. The number of nitrogens with zero attached hydrogens (tertiary/aromatic N) is 3. The van der Waals surface area contributed by atoms with Gasteiger partial charge < -0.3 is 14.2 Å². The predicted molar refractivity (Wildman–Crippen MR) is 148 cm³/mol. The fourth-order valence-corrected chi connectivity index (χ4v) is 4.24. The molecule has 4 aromatic rings. The molecule has 0 spiro atoms. The molecule has 36 heavy (non-hydrogen) atoms. The molecule has 186 valence electrons. The molecular weight excluding hydrogens is 446 g/mol. The number of nitriles is 1. The molecule has 5 rings (SSSR count). The predicted octanol–water partition coefficient (Wildman–Crippen LogP) is 6.38. The average Bonchev–Trinajstić information content (AvgIpc) is 2.92. The van der Waals surface area contributed by atoms with Crippen LogP contribution in [0.1, 0.15) is 26.7 Å². The topological polar surface area (TPSA) is 58.3 Å². The molecule has 1 aliphatic heterocycles. The van der Waals surface area contributed by atoms with Crippen LogP contribution in [0, 0.1) is 11.3 Å². The maximum absolute atomic E-state index is 11.8. The fraction of sp³-hybridized carbons (Fsp3) is 0.290. The summed E-state index contributed by atoms with van der Waals surface area (Å²) in [4.78, 5) is 14.2. The van der Waals surface area contributed by atoms with E-state index in [1.807, 2.05) is 43.3 Å². The van der Waals surface area contributed by atoms with Gasteiger partial charge in [0.2, 0.25) is 0 Å². The Hall–Kier alpha value is -3.88. The molecule has 0 atom stereocenters. The lowest BCUT2D eigenvalue weighted by atomic mass is 10.1. The maximum atomic E-state index is 11.8. The van der Waals surface area contributed by atoms with Crippen molar-refractivity contribution in [2.45, 2.75) is 39.3 Å². The number of aryl methyl sites for hydroxylation is 1. The smallest absolute Gasteiger partial charge is 0.250 e. The van der Waals surface area contributed by atoms with Crippen LogP contribution in [0.15, 0.2) is 95.8 Å². The first-order chi connectivity index (χ1) is 17.5. The van der Waals surface area contributed by atoms with Gasteiger partial charge in [0.1, 0.15) is 11.9 Å². The van der Waals surface area contributed by atoms with Gasteiger partial charge in [-0.25, -0.2) is 0 Å². The molecule has 1 aromatic heterocycles. The molecule has 2 heterocycles. The largest absolute Gasteiger partial charge is 0.490 e. The fourth-order valence-electron chi connectivity index (χ4n) is 4.24. The average molecular weight is 482 g/mol. The van der Waals surface area contributed by atoms with Gasteiger partial charge in [-0.2, -0.15) is 5.26 Å². The van der Waals surface area contributed by atoms with Crippen LogP contribution >= 0.6 is 0 Å². The highest BCUT2D eigenvalue weighted by molar-refractivity contribution is 5.80. The summed E-state index contributed by atoms with van der Waals surface area (Å²) in [5.74, 6) is 0.901. The summed E-state index contributed by atoms with van der Waals surface area (Å²) < 4.78 is 7.89. The lowest BCUT2D eigenvalue weighted by Gasteiger charge is -2.29. The number of benzene rings is 3. The molecule has 5 nitrogen and oxygen atoms in total. The van der Waals surface area contributed by atoms with E-state index in [9.17, 15) is 4.79 Å². The van der Waals surface area contributed by atoms with Crippen molar-refractivity contribution < 1.29 is 4.74 Å². The second-order valence-corrected chi connectivity index (χ2v) is 8.71. The molecule has 1 fully saturated rings. The Morgan fingerprint density at radius 1 is 0.889 bits per heavy atom. The summed E-state index contributed by atoms with van der Waals surface area (Å²) in [6.45, 7) is 6.29. The molecular formula is C31H35N3O2. The minimum atomic E-state index is 0.0500. The number of hydrogen-bond donors (Lipinski definition) is 0. The van der Waals surface area contributed by atoms with E-state index in [0.29, 0.717) is 12.6 Å². The summed E-state index contributed by atoms with van der Waals surface area (Å²) >= 11 is 0. The van der Waals surface area contributed by atoms with Crippen LogP contribution in [0.2, 0.25) is 0 Å². The molecule has 1 aliphatic rings. The van der Waals surface area contributed by atoms with Crippen LogP contribution in [0.4, 0.5) is 0 Å². The Bertz CT molecular complexity index is 1270. The minimum Gasteiger partial charge on any atom is -0.490 e. The molecule has 0 amide bonds. The molecule has 0 saturated carbocycles. The van der Waals surface area contributed by atoms with Crippen LogP contribution in [0.25, 0.3) is 22.0 Å². The van der Waals surface area contributed by atoms with E-state index in [4.69, 9.17) is 10.00 Å². The first kappa shape index (κ1) is 26.7. The second-order valence-electron chi connectivity index (χ2n) is 8.71. The van der Waals surface area contributed by atoms with E-state index >= 15 is 0 Å². The minimum absolute atomic E-state index is 0.0500. The van der Waals surface area contributed by atoms with Crippen molar-refractivity contribution in [1.29, 1.82) is 5.26 Å². The normalized spacial score (nSPS) is 13.5. The monoisotopic (exact) mass is 481 g/mol. The third kappa shape index (κ3) is 7.56. The third-order valence-electron chi connectivity index (χ3n) is 6.13. The second kappa shape index (κ2) is 13.9. The molecule has 0 radical (unpaired) electrons. The zero-order chi connectivity index (χ0) is 25.8. The number of hydrogen-bond acceptors (Lipinski definition) is 4. The van der Waals surface area contributed by atoms with Crippen molar-refractivity contribution in [2.75, 3.05) is 20.1 Å². The zero-order valence-corrected chi connectivity index (χ0v) is 21.4. The molecule has 0 unspecified atom stereocenters. The van der Waals surface area contributed by atoms with Gasteiger partial charge in [-0.05, 0) is 62.2 Å². The maximum Gasteiger partial charge on any atom is 0.250 e. The SMILES string of the molecule is CC#N.CCn1c(=O)ccc2cc(OC3CCN(C)CC3)ccc21.c1ccc(-c2ccccc2)cc1. The van der Waals surface area contributed by atoms with Crippen molar-refractivity contribution >= 4 is 10.9 Å². The molecule has 0 N–H and O–H groups in total. The Balaban J connectivity index is 0.000000203. The third-order valence-corrected chi connectivity index (χ3v) is 6.13. The van der Waals surface area contributed by atoms with E-state index in [2.05, 4.69) is 60.5 Å². The van der Waals surface area contributed by atoms with Crippen molar-refractivity contribution in [3.63, 3.8) is 0 Å². The number of ether oxygens (including phenoxy) is 1. The molecule has 1 saturated heterocycles. The van der Waals surface area contributed by atoms with E-state index in [1.165, 1.54) is 18.1 Å². The van der Waals surface area contributed by atoms with Crippen LogP contribution in [-0.4, -0.2) is 35.7 Å². The van der Waals surface area contributed by atoms with Gasteiger partial charge in [0.05, 0.1) is 11.6 Å². The number of likely N-dealkylation sites (tertiary alicyclic amines) is 1. The van der Waals surface area contributed by atoms with Gasteiger partial charge in [0.15, 0.2) is 0 Å². The van der Waals surface area contributed by atoms with Crippen LogP contribution in [0.3, 0.4) is 0 Å². The highest BCUT2D eigenvalue weighted by Crippen LogP contribution is 2.23. The highest BCUT2D eigenvalue weighted by atomic mass is 16.5. The Morgan fingerprint density at radius 2 is 1.44 bits per heavy atom. The van der Waals surface area contributed by atoms with E-state index in [0.717, 1.165) is 42.6 Å². The van der Waals surface area contributed by atoms with Crippen LogP contribution < -0.4 is 10.3 Å². The molecule has 5 heteroatoms. The number of rotatable bonds is 4. The standard InChI is InChI=1S/C17H22N2O2.C12H10.C2H3N/c1-3-19-16-6-5-15(12-13(16)4-7-17(19)20)21-14-8-10-18(2)11-9-14;1-3-7-11(8-4-1)12-9-5-2-6-10-12;1-2-3/h4-7,12,14H,3,8-11H2,1-2H3;1-10H;1H3. The van der Waals surface area contributed by atoms with Crippen LogP contribution in [-0.2, 0) is 6.54 Å². The van der Waals surface area contributed by atoms with Crippen molar-refractivity contribution in [1.82, 2.24) is 9.47 Å². The van der Waals surface area contributed by atoms with E-state index in [1.54, 1.807) is 16.7 Å². The van der Waals surface area contributed by atoms with Gasteiger partial charge in [-0.3, -0.25) is 4.79 Å². The number of pyridine rings is 1. The first-order valence-electron chi connectivity index (χ1n) is 12.5. The van der Waals surface area contributed by atoms with Crippen molar-refractivity contribution in [3.05, 3.63) is 101 Å². The van der Waals surface area contributed by atoms with E-state index < -0.39 is 0 Å². The van der Waals surface area contributed by atoms with Gasteiger partial charge in [0.25, 0.3) is 5.56 Å². The molecule has 3 aromatic carbocycles. The summed E-state index contributed by atoms with van der Waals surface area (Å²) in [7, 11) is 2.15. The highest BCUT2D eigenvalue weighted by Gasteiger charge is 2.18. The summed E-state index contributed by atoms with van der Waals surface area (Å²) in [5.41, 5.74) is 3.57. The van der Waals surface area contributed by atoms with E-state index in [-0.39, 0.29) is 5.56 Å². The van der Waals surface area contributed by atoms with Gasteiger partial charge >= 0.3 is 0 Å². The lowest BCUT2D eigenvalue weighted by molar-refractivity contribution is 0.114. The zero-order valence-electron chi connectivity index (χ0n) is 21.4. The Kier molecular flexibility index (Phi) is 10.3. The van der Waals surface area contributed by atoms with Crippen LogP contribution in [0.5, 0.6) is 5.75 Å². The Morgan fingerprint density at radius 3 is 1.97 bits per heavy atom. The number of aromatic nitrogens is 1. The van der Waals surface area contributed by atoms with Gasteiger partial charge in [-0.1, -0.05) is 60.7 Å². The molecule has 0 bridgehead atoms. The first-order valence-corrected chi connectivity index (χ1v) is 12.5. The number of piperidine rings is 1. The Labute approximate surface area is 214 Å². The quantitative estimate of drug-likeness (QED) is 0.339. The van der Waals surface area contributed by atoms with Gasteiger partial charge in [-0.15, -0.1) is 0 Å². The summed E-state index contributed by atoms with van der Waals surface area (Å²) in [6, 6.07) is 32.1. The van der Waals surface area contributed by atoms with Crippen molar-refractivity contribution in [2.24, 2.45) is 0 Å². The van der Waals surface area contributed by atoms with Crippen molar-refractivity contribution in [3.8, 4) is 22.9 Å². The molecule has 0 aliphatic carbocycles. The summed E-state index contributed by atoms with van der Waals surface area (Å²) in [6.07, 6.45) is 2.45. The number of fused-ring (bicyclic) bond motifs is 1. The van der Waals surface area contributed by atoms with Gasteiger partial charge in [0, 0.05) is 38.0 Å². The lowest BCUT2D eigenvalue weighted by Crippen LogP contribution is -2.35.